The van der Waals surface area contributed by atoms with Gasteiger partial charge in [0.2, 0.25) is 0 Å². The number of ether oxygens (including phenoxy) is 1. The van der Waals surface area contributed by atoms with Gasteiger partial charge in [-0.2, -0.15) is 13.2 Å². The number of carbonyl (C=O) groups excluding carboxylic acids is 1. The Morgan fingerprint density at radius 1 is 1.40 bits per heavy atom. The zero-order valence-corrected chi connectivity index (χ0v) is 11.4. The van der Waals surface area contributed by atoms with Gasteiger partial charge in [-0.25, -0.2) is 4.39 Å². The van der Waals surface area contributed by atoms with Gasteiger partial charge in [0.15, 0.2) is 0 Å². The molecule has 1 aromatic rings. The third-order valence-corrected chi connectivity index (χ3v) is 2.43. The van der Waals surface area contributed by atoms with Crippen molar-refractivity contribution in [3.63, 3.8) is 0 Å². The smallest absolute Gasteiger partial charge is 0.419 e. The van der Waals surface area contributed by atoms with Crippen LogP contribution >= 0.6 is 12.4 Å². The van der Waals surface area contributed by atoms with Crippen molar-refractivity contribution in [1.82, 2.24) is 0 Å². The van der Waals surface area contributed by atoms with Gasteiger partial charge in [-0.05, 0) is 13.0 Å². The molecule has 0 aliphatic carbocycles. The van der Waals surface area contributed by atoms with Crippen LogP contribution in [0.3, 0.4) is 0 Å². The van der Waals surface area contributed by atoms with E-state index >= 15 is 0 Å². The lowest BCUT2D eigenvalue weighted by molar-refractivity contribution is -0.143. The van der Waals surface area contributed by atoms with Crippen LogP contribution in [0.5, 0.6) is 0 Å². The molecule has 0 aliphatic heterocycles. The Morgan fingerprint density at radius 3 is 2.50 bits per heavy atom. The minimum atomic E-state index is -4.80. The van der Waals surface area contributed by atoms with Gasteiger partial charge in [0.05, 0.1) is 18.6 Å². The first kappa shape index (κ1) is 18.7. The standard InChI is InChI=1S/C12H13F4NO2.ClH/c1-2-19-10(18)6-9(17)7-4-3-5-8(11(7)13)12(14,15)16;/h3-5,9H,2,6,17H2,1H3;1H/t9-;/m0./s1. The molecule has 2 N–H and O–H groups in total. The summed E-state index contributed by atoms with van der Waals surface area (Å²) in [7, 11) is 0. The van der Waals surface area contributed by atoms with E-state index in [4.69, 9.17) is 5.73 Å². The van der Waals surface area contributed by atoms with Crippen LogP contribution < -0.4 is 5.73 Å². The maximum atomic E-state index is 13.7. The maximum absolute atomic E-state index is 13.7. The van der Waals surface area contributed by atoms with Crippen LogP contribution in [0, 0.1) is 5.82 Å². The highest BCUT2D eigenvalue weighted by Gasteiger charge is 2.35. The van der Waals surface area contributed by atoms with E-state index in [1.165, 1.54) is 0 Å². The molecule has 0 aliphatic rings. The second kappa shape index (κ2) is 7.44. The second-order valence-corrected chi connectivity index (χ2v) is 3.82. The molecule has 114 valence electrons. The Hall–Kier alpha value is -1.34. The highest BCUT2D eigenvalue weighted by Crippen LogP contribution is 2.33. The van der Waals surface area contributed by atoms with Crippen LogP contribution in [0.15, 0.2) is 18.2 Å². The van der Waals surface area contributed by atoms with Gasteiger partial charge in [-0.15, -0.1) is 12.4 Å². The van der Waals surface area contributed by atoms with E-state index in [0.717, 1.165) is 12.1 Å². The van der Waals surface area contributed by atoms with Crippen molar-refractivity contribution in [3.8, 4) is 0 Å². The highest BCUT2D eigenvalue weighted by molar-refractivity contribution is 5.85. The van der Waals surface area contributed by atoms with Crippen molar-refractivity contribution in [3.05, 3.63) is 35.1 Å². The normalized spacial score (nSPS) is 12.5. The first-order valence-electron chi connectivity index (χ1n) is 5.54. The van der Waals surface area contributed by atoms with Crippen LogP contribution in [-0.2, 0) is 15.7 Å². The molecule has 8 heteroatoms. The van der Waals surface area contributed by atoms with Gasteiger partial charge >= 0.3 is 12.1 Å². The number of rotatable bonds is 4. The molecule has 3 nitrogen and oxygen atoms in total. The highest BCUT2D eigenvalue weighted by atomic mass is 35.5. The molecule has 20 heavy (non-hydrogen) atoms. The van der Waals surface area contributed by atoms with Gasteiger partial charge in [0.1, 0.15) is 5.82 Å². The van der Waals surface area contributed by atoms with E-state index in [0.29, 0.717) is 6.07 Å². The summed E-state index contributed by atoms with van der Waals surface area (Å²) in [4.78, 5) is 11.2. The Kier molecular flexibility index (Phi) is 6.95. The molecule has 0 bridgehead atoms. The molecule has 1 atom stereocenters. The molecule has 0 radical (unpaired) electrons. The number of carbonyl (C=O) groups is 1. The van der Waals surface area contributed by atoms with E-state index < -0.39 is 29.6 Å². The van der Waals surface area contributed by atoms with Crippen LogP contribution in [0.4, 0.5) is 17.6 Å². The fourth-order valence-electron chi connectivity index (χ4n) is 1.56. The number of halogens is 5. The van der Waals surface area contributed by atoms with Gasteiger partial charge < -0.3 is 10.5 Å². The lowest BCUT2D eigenvalue weighted by Gasteiger charge is -2.15. The van der Waals surface area contributed by atoms with E-state index in [-0.39, 0.29) is 31.0 Å². The quantitative estimate of drug-likeness (QED) is 0.685. The van der Waals surface area contributed by atoms with Gasteiger partial charge in [-0.3, -0.25) is 4.79 Å². The summed E-state index contributed by atoms with van der Waals surface area (Å²) < 4.78 is 55.8. The molecular weight excluding hydrogens is 302 g/mol. The van der Waals surface area contributed by atoms with Gasteiger partial charge in [-0.1, -0.05) is 12.1 Å². The summed E-state index contributed by atoms with van der Waals surface area (Å²) >= 11 is 0. The minimum absolute atomic E-state index is 0. The molecule has 0 saturated carbocycles. The third-order valence-electron chi connectivity index (χ3n) is 2.43. The number of hydrogen-bond acceptors (Lipinski definition) is 3. The molecule has 0 heterocycles. The van der Waals surface area contributed by atoms with Crippen molar-refractivity contribution in [1.29, 1.82) is 0 Å². The zero-order valence-electron chi connectivity index (χ0n) is 10.5. The van der Waals surface area contributed by atoms with E-state index in [1.807, 2.05) is 0 Å². The third kappa shape index (κ3) is 4.64. The molecule has 1 rings (SSSR count). The predicted octanol–water partition coefficient (Wildman–Crippen LogP) is 3.22. The number of alkyl halides is 3. The molecule has 1 aromatic carbocycles. The van der Waals surface area contributed by atoms with Gasteiger partial charge in [0, 0.05) is 11.6 Å². The molecule has 0 spiro atoms. The first-order chi connectivity index (χ1) is 8.77. The van der Waals surface area contributed by atoms with Crippen molar-refractivity contribution in [2.45, 2.75) is 25.6 Å². The first-order valence-corrected chi connectivity index (χ1v) is 5.54. The minimum Gasteiger partial charge on any atom is -0.466 e. The fourth-order valence-corrected chi connectivity index (χ4v) is 1.56. The second-order valence-electron chi connectivity index (χ2n) is 3.82. The molecule has 0 fully saturated rings. The Labute approximate surface area is 119 Å². The molecular formula is C12H14ClF4NO2. The van der Waals surface area contributed by atoms with Crippen molar-refractivity contribution >= 4 is 18.4 Å². The largest absolute Gasteiger partial charge is 0.466 e. The van der Waals surface area contributed by atoms with E-state index in [2.05, 4.69) is 4.74 Å². The predicted molar refractivity (Wildman–Crippen MR) is 66.8 cm³/mol. The summed E-state index contributed by atoms with van der Waals surface area (Å²) in [5, 5.41) is 0. The van der Waals surface area contributed by atoms with Crippen LogP contribution in [0.1, 0.15) is 30.5 Å². The number of nitrogens with two attached hydrogens (primary N) is 1. The van der Waals surface area contributed by atoms with Crippen molar-refractivity contribution in [2.24, 2.45) is 5.73 Å². The summed E-state index contributed by atoms with van der Waals surface area (Å²) in [6, 6.07) is 1.61. The molecule has 0 aromatic heterocycles. The summed E-state index contributed by atoms with van der Waals surface area (Å²) in [5.74, 6) is -2.14. The maximum Gasteiger partial charge on any atom is 0.419 e. The van der Waals surface area contributed by atoms with Crippen LogP contribution in [0.25, 0.3) is 0 Å². The topological polar surface area (TPSA) is 52.3 Å². The Balaban J connectivity index is 0.00000361. The molecule has 0 unspecified atom stereocenters. The van der Waals surface area contributed by atoms with Crippen molar-refractivity contribution in [2.75, 3.05) is 6.61 Å². The summed E-state index contributed by atoms with van der Waals surface area (Å²) in [6.07, 6.45) is -5.18. The Morgan fingerprint density at radius 2 is 2.00 bits per heavy atom. The van der Waals surface area contributed by atoms with Crippen LogP contribution in [-0.4, -0.2) is 12.6 Å². The lowest BCUT2D eigenvalue weighted by Crippen LogP contribution is -2.20. The number of esters is 1. The fraction of sp³-hybridized carbons (Fsp3) is 0.417. The Bertz CT molecular complexity index is 465. The lowest BCUT2D eigenvalue weighted by atomic mass is 10.0. The number of hydrogen-bond donors (Lipinski definition) is 1. The average molecular weight is 316 g/mol. The van der Waals surface area contributed by atoms with Gasteiger partial charge in [0.25, 0.3) is 0 Å². The van der Waals surface area contributed by atoms with Crippen molar-refractivity contribution < 1.29 is 27.1 Å². The monoisotopic (exact) mass is 315 g/mol. The average Bonchev–Trinajstić information content (AvgIpc) is 2.27. The molecule has 0 amide bonds. The molecule has 0 saturated heterocycles. The van der Waals surface area contributed by atoms with E-state index in [9.17, 15) is 22.4 Å². The number of benzene rings is 1. The zero-order chi connectivity index (χ0) is 14.6. The van der Waals surface area contributed by atoms with Crippen LogP contribution in [0.2, 0.25) is 0 Å². The summed E-state index contributed by atoms with van der Waals surface area (Å²) in [6.45, 7) is 1.70. The SMILES string of the molecule is CCOC(=O)C[C@H](N)c1cccc(C(F)(F)F)c1F.Cl. The van der Waals surface area contributed by atoms with E-state index in [1.54, 1.807) is 6.92 Å². The summed E-state index contributed by atoms with van der Waals surface area (Å²) in [5.41, 5.74) is 3.77.